The van der Waals surface area contributed by atoms with Crippen molar-refractivity contribution >= 4 is 15.9 Å². The van der Waals surface area contributed by atoms with Crippen molar-refractivity contribution in [3.63, 3.8) is 0 Å². The zero-order valence-electron chi connectivity index (χ0n) is 14.9. The second-order valence-electron chi connectivity index (χ2n) is 6.09. The Morgan fingerprint density at radius 3 is 2.56 bits per heavy atom. The molecule has 27 heavy (non-hydrogen) atoms. The van der Waals surface area contributed by atoms with Gasteiger partial charge >= 0.3 is 0 Å². The number of nitriles is 1. The van der Waals surface area contributed by atoms with Crippen LogP contribution in [-0.4, -0.2) is 58.5 Å². The number of hydrogen-bond acceptors (Lipinski definition) is 7. The summed E-state index contributed by atoms with van der Waals surface area (Å²) in [6, 6.07) is 7.91. The van der Waals surface area contributed by atoms with Crippen LogP contribution in [0.15, 0.2) is 40.9 Å². The number of nitrogens with two attached hydrogens (primary N) is 1. The van der Waals surface area contributed by atoms with Gasteiger partial charge in [-0.15, -0.1) is 0 Å². The van der Waals surface area contributed by atoms with Crippen LogP contribution in [0.2, 0.25) is 0 Å². The molecule has 10 heteroatoms. The Kier molecular flexibility index (Phi) is 7.75. The van der Waals surface area contributed by atoms with E-state index in [4.69, 9.17) is 10.4 Å². The lowest BCUT2D eigenvalue weighted by Gasteiger charge is -2.27. The first-order chi connectivity index (χ1) is 12.9. The molecule has 9 nitrogen and oxygen atoms in total. The Hall–Kier alpha value is -2.45. The van der Waals surface area contributed by atoms with Gasteiger partial charge < -0.3 is 16.0 Å². The van der Waals surface area contributed by atoms with Crippen LogP contribution in [0.5, 0.6) is 0 Å². The summed E-state index contributed by atoms with van der Waals surface area (Å²) < 4.78 is 22.4. The average molecular weight is 392 g/mol. The average Bonchev–Trinajstić information content (AvgIpc) is 2.65. The first-order valence-corrected chi connectivity index (χ1v) is 10.1. The molecule has 1 heterocycles. The summed E-state index contributed by atoms with van der Waals surface area (Å²) in [5, 5.41) is 23.1. The molecule has 1 aliphatic heterocycles. The van der Waals surface area contributed by atoms with E-state index in [1.807, 2.05) is 6.07 Å². The number of nitrogens with zero attached hydrogens (tertiary/aromatic N) is 2. The summed E-state index contributed by atoms with van der Waals surface area (Å²) in [5.74, 6) is -0.426. The van der Waals surface area contributed by atoms with E-state index in [9.17, 15) is 13.2 Å². The fraction of sp³-hybridized carbons (Fsp3) is 0.412. The first kappa shape index (κ1) is 20.9. The van der Waals surface area contributed by atoms with Crippen LogP contribution < -0.4 is 21.1 Å². The Morgan fingerprint density at radius 1 is 1.30 bits per heavy atom. The fourth-order valence-electron chi connectivity index (χ4n) is 2.57. The molecule has 0 aliphatic carbocycles. The summed E-state index contributed by atoms with van der Waals surface area (Å²) in [4.78, 5) is 14.3. The second kappa shape index (κ2) is 10.0. The Labute approximate surface area is 159 Å². The van der Waals surface area contributed by atoms with Gasteiger partial charge in [-0.2, -0.15) is 5.26 Å². The van der Waals surface area contributed by atoms with Gasteiger partial charge in [0.05, 0.1) is 4.90 Å². The molecule has 5 N–H and O–H groups in total. The zero-order valence-corrected chi connectivity index (χ0v) is 15.8. The lowest BCUT2D eigenvalue weighted by atomic mass is 10.2. The molecule has 1 saturated heterocycles. The van der Waals surface area contributed by atoms with Gasteiger partial charge in [0, 0.05) is 52.0 Å². The maximum absolute atomic E-state index is 12.1. The molecule has 1 aromatic carbocycles. The Morgan fingerprint density at radius 2 is 1.96 bits per heavy atom. The van der Waals surface area contributed by atoms with Crippen molar-refractivity contribution in [1.82, 2.24) is 20.9 Å². The molecule has 146 valence electrons. The topological polar surface area (TPSA) is 140 Å². The number of sulfonamides is 1. The molecule has 0 spiro atoms. The third-order valence-corrected chi connectivity index (χ3v) is 5.02. The highest BCUT2D eigenvalue weighted by Gasteiger charge is 2.12. The van der Waals surface area contributed by atoms with Crippen LogP contribution in [0.4, 0.5) is 0 Å². The van der Waals surface area contributed by atoms with Crippen LogP contribution in [0.25, 0.3) is 0 Å². The van der Waals surface area contributed by atoms with Crippen molar-refractivity contribution in [2.75, 3.05) is 39.3 Å². The van der Waals surface area contributed by atoms with Gasteiger partial charge in [-0.1, -0.05) is 12.1 Å². The predicted octanol–water partition coefficient (Wildman–Crippen LogP) is -1.15. The number of primary sulfonamides is 1. The summed E-state index contributed by atoms with van der Waals surface area (Å²) in [5.41, 5.74) is 0.770. The number of rotatable bonds is 8. The van der Waals surface area contributed by atoms with Gasteiger partial charge in [-0.05, 0) is 17.7 Å². The van der Waals surface area contributed by atoms with Gasteiger partial charge in [0.2, 0.25) is 10.0 Å². The van der Waals surface area contributed by atoms with Crippen LogP contribution in [0.3, 0.4) is 0 Å². The minimum Gasteiger partial charge on any atom is -0.386 e. The molecule has 0 aromatic heterocycles. The van der Waals surface area contributed by atoms with E-state index in [2.05, 4.69) is 20.9 Å². The predicted molar refractivity (Wildman–Crippen MR) is 101 cm³/mol. The van der Waals surface area contributed by atoms with Crippen molar-refractivity contribution in [1.29, 1.82) is 5.26 Å². The Bertz CT molecular complexity index is 808. The lowest BCUT2D eigenvalue weighted by molar-refractivity contribution is -0.117. The van der Waals surface area contributed by atoms with Gasteiger partial charge in [-0.25, -0.2) is 13.6 Å². The van der Waals surface area contributed by atoms with Crippen molar-refractivity contribution in [3.05, 3.63) is 41.6 Å². The smallest absolute Gasteiger partial charge is 0.263 e. The molecule has 1 aliphatic rings. The highest BCUT2D eigenvalue weighted by molar-refractivity contribution is 7.89. The maximum Gasteiger partial charge on any atom is 0.263 e. The minimum atomic E-state index is -3.72. The third kappa shape index (κ3) is 6.99. The summed E-state index contributed by atoms with van der Waals surface area (Å²) >= 11 is 0. The van der Waals surface area contributed by atoms with Crippen molar-refractivity contribution in [2.45, 2.75) is 11.4 Å². The summed E-state index contributed by atoms with van der Waals surface area (Å²) in [7, 11) is -3.72. The van der Waals surface area contributed by atoms with Crippen molar-refractivity contribution < 1.29 is 13.2 Å². The molecular weight excluding hydrogens is 368 g/mol. The van der Waals surface area contributed by atoms with E-state index in [1.54, 1.807) is 12.1 Å². The second-order valence-corrected chi connectivity index (χ2v) is 7.65. The van der Waals surface area contributed by atoms with E-state index >= 15 is 0 Å². The van der Waals surface area contributed by atoms with Crippen molar-refractivity contribution in [3.8, 4) is 6.07 Å². The van der Waals surface area contributed by atoms with E-state index < -0.39 is 15.9 Å². The highest BCUT2D eigenvalue weighted by atomic mass is 32.2. The molecule has 0 unspecified atom stereocenters. The standard InChI is InChI=1S/C17H24N6O3S/c18-11-15(17(24)22-7-10-23-8-5-20-6-9-23)13-21-12-14-1-3-16(4-2-14)27(19,25)26/h1-4,13,20-21H,5-10,12H2,(H,22,24)(H2,19,25,26)/b15-13-. The summed E-state index contributed by atoms with van der Waals surface area (Å²) in [6.07, 6.45) is 1.35. The maximum atomic E-state index is 12.1. The highest BCUT2D eigenvalue weighted by Crippen LogP contribution is 2.08. The number of amides is 1. The van der Waals surface area contributed by atoms with E-state index in [0.29, 0.717) is 13.1 Å². The zero-order chi connectivity index (χ0) is 19.7. The van der Waals surface area contributed by atoms with Crippen molar-refractivity contribution in [2.24, 2.45) is 5.14 Å². The number of hydrogen-bond donors (Lipinski definition) is 4. The Balaban J connectivity index is 1.79. The molecule has 0 bridgehead atoms. The van der Waals surface area contributed by atoms with Gasteiger partial charge in [-0.3, -0.25) is 9.69 Å². The minimum absolute atomic E-state index is 0.0172. The van der Waals surface area contributed by atoms with E-state index in [-0.39, 0.29) is 10.5 Å². The van der Waals surface area contributed by atoms with Gasteiger partial charge in [0.15, 0.2) is 0 Å². The molecule has 0 saturated carbocycles. The largest absolute Gasteiger partial charge is 0.386 e. The number of benzene rings is 1. The molecule has 2 rings (SSSR count). The SMILES string of the molecule is N#C/C(=C/NCc1ccc(S(N)(=O)=O)cc1)C(=O)NCCN1CCNCC1. The van der Waals surface area contributed by atoms with Gasteiger partial charge in [0.25, 0.3) is 5.91 Å². The molecule has 1 amide bonds. The lowest BCUT2D eigenvalue weighted by Crippen LogP contribution is -2.46. The summed E-state index contributed by atoms with van der Waals surface area (Å²) in [6.45, 7) is 5.34. The molecular formula is C17H24N6O3S. The van der Waals surface area contributed by atoms with Crippen LogP contribution in [-0.2, 0) is 21.4 Å². The third-order valence-electron chi connectivity index (χ3n) is 4.09. The number of piperazine rings is 1. The molecule has 0 radical (unpaired) electrons. The molecule has 0 atom stereocenters. The van der Waals surface area contributed by atoms with E-state index in [0.717, 1.165) is 38.3 Å². The number of nitrogens with one attached hydrogen (secondary N) is 3. The van der Waals surface area contributed by atoms with Crippen LogP contribution in [0.1, 0.15) is 5.56 Å². The normalized spacial score (nSPS) is 15.8. The molecule has 1 aromatic rings. The molecule has 1 fully saturated rings. The van der Waals surface area contributed by atoms with E-state index in [1.165, 1.54) is 18.3 Å². The fourth-order valence-corrected chi connectivity index (χ4v) is 3.09. The van der Waals surface area contributed by atoms with Crippen LogP contribution in [0, 0.1) is 11.3 Å². The monoisotopic (exact) mass is 392 g/mol. The number of carbonyl (C=O) groups is 1. The van der Waals surface area contributed by atoms with Crippen LogP contribution >= 0.6 is 0 Å². The quantitative estimate of drug-likeness (QED) is 0.323. The number of carbonyl (C=O) groups excluding carboxylic acids is 1. The first-order valence-electron chi connectivity index (χ1n) is 8.57. The van der Waals surface area contributed by atoms with Gasteiger partial charge in [0.1, 0.15) is 11.6 Å².